The summed E-state index contributed by atoms with van der Waals surface area (Å²) in [5.74, 6) is -0.0651. The van der Waals surface area contributed by atoms with Gasteiger partial charge in [0.25, 0.3) is 5.91 Å². The second kappa shape index (κ2) is 4.80. The molecule has 0 spiro atoms. The third-order valence-corrected chi connectivity index (χ3v) is 3.26. The lowest BCUT2D eigenvalue weighted by molar-refractivity contribution is 0.0763. The highest BCUT2D eigenvalue weighted by Gasteiger charge is 2.33. The molecular formula is C13H15ClN2O. The molecule has 90 valence electrons. The highest BCUT2D eigenvalue weighted by Crippen LogP contribution is 2.31. The monoisotopic (exact) mass is 250 g/mol. The second-order valence-corrected chi connectivity index (χ2v) is 4.56. The third kappa shape index (κ3) is 2.44. The maximum absolute atomic E-state index is 12.3. The fraction of sp³-hybridized carbons (Fsp3) is 0.308. The summed E-state index contributed by atoms with van der Waals surface area (Å²) in [6.07, 6.45) is 3.84. The first-order chi connectivity index (χ1) is 8.15. The van der Waals surface area contributed by atoms with Crippen molar-refractivity contribution < 1.29 is 4.79 Å². The molecule has 17 heavy (non-hydrogen) atoms. The Hall–Kier alpha value is -1.48. The summed E-state index contributed by atoms with van der Waals surface area (Å²) in [6, 6.07) is 5.47. The highest BCUT2D eigenvalue weighted by atomic mass is 35.5. The van der Waals surface area contributed by atoms with Crippen LogP contribution in [0.3, 0.4) is 0 Å². The number of hydrogen-bond donors (Lipinski definition) is 1. The zero-order valence-corrected chi connectivity index (χ0v) is 10.3. The van der Waals surface area contributed by atoms with E-state index in [1.807, 2.05) is 0 Å². The quantitative estimate of drug-likeness (QED) is 0.660. The Labute approximate surface area is 106 Å². The lowest BCUT2D eigenvalue weighted by atomic mass is 10.1. The first-order valence-electron chi connectivity index (χ1n) is 5.61. The van der Waals surface area contributed by atoms with Crippen LogP contribution in [0.25, 0.3) is 0 Å². The molecule has 1 aromatic carbocycles. The zero-order valence-electron chi connectivity index (χ0n) is 9.53. The Balaban J connectivity index is 2.28. The Morgan fingerprint density at radius 1 is 1.59 bits per heavy atom. The molecule has 0 bridgehead atoms. The molecule has 0 aliphatic heterocycles. The van der Waals surface area contributed by atoms with Gasteiger partial charge in [-0.2, -0.15) is 0 Å². The van der Waals surface area contributed by atoms with Gasteiger partial charge in [-0.05, 0) is 25.0 Å². The topological polar surface area (TPSA) is 46.3 Å². The number of hydrogen-bond acceptors (Lipinski definition) is 2. The van der Waals surface area contributed by atoms with Crippen molar-refractivity contribution in [2.45, 2.75) is 18.9 Å². The Morgan fingerprint density at radius 2 is 2.29 bits per heavy atom. The number of nitrogens with zero attached hydrogens (tertiary/aromatic N) is 1. The minimum atomic E-state index is -0.0651. The van der Waals surface area contributed by atoms with E-state index in [4.69, 9.17) is 17.3 Å². The average Bonchev–Trinajstić information content (AvgIpc) is 3.13. The van der Waals surface area contributed by atoms with E-state index in [9.17, 15) is 4.79 Å². The van der Waals surface area contributed by atoms with Gasteiger partial charge in [0.1, 0.15) is 0 Å². The van der Waals surface area contributed by atoms with Gasteiger partial charge in [-0.25, -0.2) is 0 Å². The maximum Gasteiger partial charge on any atom is 0.255 e. The van der Waals surface area contributed by atoms with Gasteiger partial charge in [-0.1, -0.05) is 23.7 Å². The SMILES string of the molecule is C=CCN(C(=O)c1cccc(N)c1Cl)C1CC1. The second-order valence-electron chi connectivity index (χ2n) is 4.19. The summed E-state index contributed by atoms with van der Waals surface area (Å²) in [5.41, 5.74) is 6.61. The first-order valence-corrected chi connectivity index (χ1v) is 5.98. The van der Waals surface area contributed by atoms with Crippen LogP contribution in [-0.4, -0.2) is 23.4 Å². The molecule has 2 N–H and O–H groups in total. The summed E-state index contributed by atoms with van der Waals surface area (Å²) >= 11 is 6.06. The molecule has 0 unspecified atom stereocenters. The van der Waals surface area contributed by atoms with Crippen LogP contribution in [0.5, 0.6) is 0 Å². The number of halogens is 1. The molecule has 0 radical (unpaired) electrons. The van der Waals surface area contributed by atoms with Crippen LogP contribution < -0.4 is 5.73 Å². The van der Waals surface area contributed by atoms with Crippen molar-refractivity contribution >= 4 is 23.2 Å². The van der Waals surface area contributed by atoms with Crippen molar-refractivity contribution in [2.75, 3.05) is 12.3 Å². The number of benzene rings is 1. The van der Waals surface area contributed by atoms with Gasteiger partial charge < -0.3 is 10.6 Å². The van der Waals surface area contributed by atoms with Crippen LogP contribution in [0.2, 0.25) is 5.02 Å². The maximum atomic E-state index is 12.3. The lowest BCUT2D eigenvalue weighted by Gasteiger charge is -2.21. The minimum absolute atomic E-state index is 0.0651. The Bertz CT molecular complexity index is 455. The van der Waals surface area contributed by atoms with Crippen molar-refractivity contribution in [3.05, 3.63) is 41.4 Å². The van der Waals surface area contributed by atoms with Crippen LogP contribution in [0, 0.1) is 0 Å². The molecule has 3 nitrogen and oxygen atoms in total. The fourth-order valence-electron chi connectivity index (χ4n) is 1.79. The van der Waals surface area contributed by atoms with Gasteiger partial charge in [0.2, 0.25) is 0 Å². The highest BCUT2D eigenvalue weighted by molar-refractivity contribution is 6.36. The number of amides is 1. The molecule has 0 heterocycles. The van der Waals surface area contributed by atoms with E-state index in [1.54, 1.807) is 29.2 Å². The molecule has 1 fully saturated rings. The zero-order chi connectivity index (χ0) is 12.4. The van der Waals surface area contributed by atoms with Gasteiger partial charge in [0.05, 0.1) is 16.3 Å². The molecule has 1 aliphatic carbocycles. The Kier molecular flexibility index (Phi) is 3.38. The first kappa shape index (κ1) is 12.0. The van der Waals surface area contributed by atoms with E-state index in [1.165, 1.54) is 0 Å². The molecule has 0 atom stereocenters. The van der Waals surface area contributed by atoms with Gasteiger partial charge in [-0.15, -0.1) is 6.58 Å². The van der Waals surface area contributed by atoms with Crippen LogP contribution in [0.1, 0.15) is 23.2 Å². The molecule has 1 saturated carbocycles. The summed E-state index contributed by atoms with van der Waals surface area (Å²) < 4.78 is 0. The minimum Gasteiger partial charge on any atom is -0.398 e. The summed E-state index contributed by atoms with van der Waals surface area (Å²) in [7, 11) is 0. The van der Waals surface area contributed by atoms with Crippen molar-refractivity contribution in [1.82, 2.24) is 4.90 Å². The molecule has 1 aromatic rings. The van der Waals surface area contributed by atoms with Crippen LogP contribution in [0.4, 0.5) is 5.69 Å². The molecule has 0 aromatic heterocycles. The largest absolute Gasteiger partial charge is 0.398 e. The lowest BCUT2D eigenvalue weighted by Crippen LogP contribution is -2.33. The number of rotatable bonds is 4. The smallest absolute Gasteiger partial charge is 0.255 e. The predicted molar refractivity (Wildman–Crippen MR) is 70.1 cm³/mol. The van der Waals surface area contributed by atoms with E-state index >= 15 is 0 Å². The normalized spacial score (nSPS) is 14.4. The van der Waals surface area contributed by atoms with Gasteiger partial charge in [0, 0.05) is 12.6 Å². The average molecular weight is 251 g/mol. The summed E-state index contributed by atoms with van der Waals surface area (Å²) in [5, 5.41) is 0.340. The summed E-state index contributed by atoms with van der Waals surface area (Å²) in [4.78, 5) is 14.1. The van der Waals surface area contributed by atoms with Gasteiger partial charge in [-0.3, -0.25) is 4.79 Å². The Morgan fingerprint density at radius 3 is 2.88 bits per heavy atom. The molecule has 1 aliphatic rings. The number of anilines is 1. The van der Waals surface area contributed by atoms with E-state index in [0.29, 0.717) is 28.9 Å². The van der Waals surface area contributed by atoms with Crippen LogP contribution in [-0.2, 0) is 0 Å². The van der Waals surface area contributed by atoms with Crippen molar-refractivity contribution in [3.63, 3.8) is 0 Å². The number of nitrogens with two attached hydrogens (primary N) is 1. The molecule has 1 amide bonds. The molecule has 2 rings (SSSR count). The fourth-order valence-corrected chi connectivity index (χ4v) is 2.00. The summed E-state index contributed by atoms with van der Waals surface area (Å²) in [6.45, 7) is 4.23. The van der Waals surface area contributed by atoms with Crippen molar-refractivity contribution in [1.29, 1.82) is 0 Å². The predicted octanol–water partition coefficient (Wildman–Crippen LogP) is 2.71. The number of carbonyl (C=O) groups excluding carboxylic acids is 1. The standard InChI is InChI=1S/C13H15ClN2O/c1-2-8-16(9-6-7-9)13(17)10-4-3-5-11(15)12(10)14/h2-5,9H,1,6-8,15H2. The van der Waals surface area contributed by atoms with Crippen LogP contribution >= 0.6 is 11.6 Å². The van der Waals surface area contributed by atoms with E-state index in [2.05, 4.69) is 6.58 Å². The third-order valence-electron chi connectivity index (χ3n) is 2.83. The van der Waals surface area contributed by atoms with E-state index in [0.717, 1.165) is 12.8 Å². The van der Waals surface area contributed by atoms with Crippen LogP contribution in [0.15, 0.2) is 30.9 Å². The molecule has 4 heteroatoms. The van der Waals surface area contributed by atoms with Gasteiger partial charge >= 0.3 is 0 Å². The number of nitrogen functional groups attached to an aromatic ring is 1. The van der Waals surface area contributed by atoms with E-state index < -0.39 is 0 Å². The van der Waals surface area contributed by atoms with Gasteiger partial charge in [0.15, 0.2) is 0 Å². The van der Waals surface area contributed by atoms with E-state index in [-0.39, 0.29) is 5.91 Å². The van der Waals surface area contributed by atoms with Crippen molar-refractivity contribution in [3.8, 4) is 0 Å². The molecular weight excluding hydrogens is 236 g/mol. The number of carbonyl (C=O) groups is 1. The van der Waals surface area contributed by atoms with Crippen molar-refractivity contribution in [2.24, 2.45) is 0 Å². The molecule has 0 saturated heterocycles.